The molecule has 6 nitrogen and oxygen atoms in total. The Labute approximate surface area is 100 Å². The first-order chi connectivity index (χ1) is 8.24. The molecule has 0 aliphatic carbocycles. The van der Waals surface area contributed by atoms with E-state index < -0.39 is 0 Å². The van der Waals surface area contributed by atoms with Crippen LogP contribution in [-0.2, 0) is 16.6 Å². The standard InChI is InChI=1S/C11H18N4O2/c1-15-5-2-10(14-15)12-8-11(16)13-9-3-6-17-7-4-9/h2,5,9H,3-4,6-8H2,1H3,(H,12,14)(H,13,16). The Balaban J connectivity index is 1.70. The molecule has 1 saturated heterocycles. The van der Waals surface area contributed by atoms with Crippen LogP contribution in [0.3, 0.4) is 0 Å². The van der Waals surface area contributed by atoms with Gasteiger partial charge in [-0.1, -0.05) is 0 Å². The van der Waals surface area contributed by atoms with E-state index in [2.05, 4.69) is 15.7 Å². The van der Waals surface area contributed by atoms with Gasteiger partial charge in [-0.2, -0.15) is 5.10 Å². The van der Waals surface area contributed by atoms with Gasteiger partial charge in [0.2, 0.25) is 5.91 Å². The Morgan fingerprint density at radius 3 is 3.00 bits per heavy atom. The molecule has 0 saturated carbocycles. The molecule has 1 amide bonds. The maximum Gasteiger partial charge on any atom is 0.239 e. The van der Waals surface area contributed by atoms with E-state index in [1.807, 2.05) is 19.3 Å². The van der Waals surface area contributed by atoms with Gasteiger partial charge in [0.15, 0.2) is 0 Å². The van der Waals surface area contributed by atoms with Crippen molar-refractivity contribution in [2.45, 2.75) is 18.9 Å². The second-order valence-electron chi connectivity index (χ2n) is 4.18. The topological polar surface area (TPSA) is 68.2 Å². The van der Waals surface area contributed by atoms with Crippen LogP contribution in [0.2, 0.25) is 0 Å². The van der Waals surface area contributed by atoms with Crippen molar-refractivity contribution in [3.05, 3.63) is 12.3 Å². The van der Waals surface area contributed by atoms with Crippen molar-refractivity contribution in [1.82, 2.24) is 15.1 Å². The molecule has 0 spiro atoms. The number of anilines is 1. The number of carbonyl (C=O) groups excluding carboxylic acids is 1. The Kier molecular flexibility index (Phi) is 3.98. The molecule has 0 unspecified atom stereocenters. The summed E-state index contributed by atoms with van der Waals surface area (Å²) in [4.78, 5) is 11.6. The maximum atomic E-state index is 11.6. The molecule has 17 heavy (non-hydrogen) atoms. The van der Waals surface area contributed by atoms with Gasteiger partial charge in [-0.3, -0.25) is 9.48 Å². The van der Waals surface area contributed by atoms with Gasteiger partial charge >= 0.3 is 0 Å². The number of aromatic nitrogens is 2. The van der Waals surface area contributed by atoms with E-state index in [1.54, 1.807) is 4.68 Å². The number of hydrogen-bond donors (Lipinski definition) is 2. The zero-order valence-electron chi connectivity index (χ0n) is 9.98. The first-order valence-electron chi connectivity index (χ1n) is 5.84. The number of nitrogens with one attached hydrogen (secondary N) is 2. The fourth-order valence-corrected chi connectivity index (χ4v) is 1.80. The minimum atomic E-state index is 0.00236. The van der Waals surface area contributed by atoms with E-state index in [1.165, 1.54) is 0 Å². The highest BCUT2D eigenvalue weighted by Crippen LogP contribution is 2.06. The van der Waals surface area contributed by atoms with Crippen LogP contribution in [-0.4, -0.2) is 41.5 Å². The number of carbonyl (C=O) groups is 1. The summed E-state index contributed by atoms with van der Waals surface area (Å²) in [5.41, 5.74) is 0. The van der Waals surface area contributed by atoms with Crippen molar-refractivity contribution in [1.29, 1.82) is 0 Å². The van der Waals surface area contributed by atoms with Crippen molar-refractivity contribution < 1.29 is 9.53 Å². The van der Waals surface area contributed by atoms with E-state index in [0.29, 0.717) is 0 Å². The number of ether oxygens (including phenoxy) is 1. The van der Waals surface area contributed by atoms with E-state index in [0.717, 1.165) is 31.9 Å². The first kappa shape index (κ1) is 11.9. The predicted octanol–water partition coefficient (Wildman–Crippen LogP) is 0.127. The molecule has 2 rings (SSSR count). The summed E-state index contributed by atoms with van der Waals surface area (Å²) in [6.45, 7) is 1.73. The van der Waals surface area contributed by atoms with Crippen molar-refractivity contribution in [3.8, 4) is 0 Å². The highest BCUT2D eigenvalue weighted by atomic mass is 16.5. The lowest BCUT2D eigenvalue weighted by Gasteiger charge is -2.23. The molecule has 0 bridgehead atoms. The molecular formula is C11H18N4O2. The fraction of sp³-hybridized carbons (Fsp3) is 0.636. The Hall–Kier alpha value is -1.56. The van der Waals surface area contributed by atoms with Gasteiger partial charge in [0.25, 0.3) is 0 Å². The van der Waals surface area contributed by atoms with Crippen molar-refractivity contribution in [3.63, 3.8) is 0 Å². The Bertz CT molecular complexity index is 371. The minimum absolute atomic E-state index is 0.00236. The molecule has 1 aromatic heterocycles. The number of aryl methyl sites for hydroxylation is 1. The van der Waals surface area contributed by atoms with Crippen LogP contribution in [0.5, 0.6) is 0 Å². The molecular weight excluding hydrogens is 220 g/mol. The summed E-state index contributed by atoms with van der Waals surface area (Å²) in [5.74, 6) is 0.720. The fourth-order valence-electron chi connectivity index (χ4n) is 1.80. The lowest BCUT2D eigenvalue weighted by atomic mass is 10.1. The van der Waals surface area contributed by atoms with Crippen LogP contribution in [0.25, 0.3) is 0 Å². The van der Waals surface area contributed by atoms with E-state index in [9.17, 15) is 4.79 Å². The molecule has 1 fully saturated rings. The van der Waals surface area contributed by atoms with Crippen LogP contribution < -0.4 is 10.6 Å². The summed E-state index contributed by atoms with van der Waals surface area (Å²) >= 11 is 0. The predicted molar refractivity (Wildman–Crippen MR) is 63.7 cm³/mol. The van der Waals surface area contributed by atoms with Crippen LogP contribution in [0, 0.1) is 0 Å². The third-order valence-corrected chi connectivity index (χ3v) is 2.73. The molecule has 1 aliphatic rings. The second-order valence-corrected chi connectivity index (χ2v) is 4.18. The summed E-state index contributed by atoms with van der Waals surface area (Å²) in [5, 5.41) is 10.1. The normalized spacial score (nSPS) is 16.8. The number of rotatable bonds is 4. The maximum absolute atomic E-state index is 11.6. The van der Waals surface area contributed by atoms with Crippen LogP contribution in [0.1, 0.15) is 12.8 Å². The zero-order chi connectivity index (χ0) is 12.1. The first-order valence-corrected chi connectivity index (χ1v) is 5.84. The van der Waals surface area contributed by atoms with Crippen molar-refractivity contribution >= 4 is 11.7 Å². The van der Waals surface area contributed by atoms with Gasteiger partial charge in [-0.05, 0) is 12.8 Å². The molecule has 0 atom stereocenters. The molecule has 1 aliphatic heterocycles. The van der Waals surface area contributed by atoms with Crippen molar-refractivity contribution in [2.24, 2.45) is 7.05 Å². The highest BCUT2D eigenvalue weighted by molar-refractivity contribution is 5.80. The van der Waals surface area contributed by atoms with Gasteiger partial charge < -0.3 is 15.4 Å². The average Bonchev–Trinajstić information content (AvgIpc) is 2.74. The van der Waals surface area contributed by atoms with E-state index in [-0.39, 0.29) is 18.5 Å². The highest BCUT2D eigenvalue weighted by Gasteiger charge is 2.15. The lowest BCUT2D eigenvalue weighted by molar-refractivity contribution is -0.120. The van der Waals surface area contributed by atoms with Crippen LogP contribution in [0.4, 0.5) is 5.82 Å². The minimum Gasteiger partial charge on any atom is -0.381 e. The largest absolute Gasteiger partial charge is 0.381 e. The molecule has 1 aromatic rings. The van der Waals surface area contributed by atoms with Crippen LogP contribution >= 0.6 is 0 Å². The average molecular weight is 238 g/mol. The number of hydrogen-bond acceptors (Lipinski definition) is 4. The van der Waals surface area contributed by atoms with Crippen molar-refractivity contribution in [2.75, 3.05) is 25.1 Å². The van der Waals surface area contributed by atoms with Gasteiger partial charge in [0, 0.05) is 38.6 Å². The lowest BCUT2D eigenvalue weighted by Crippen LogP contribution is -2.41. The van der Waals surface area contributed by atoms with E-state index in [4.69, 9.17) is 4.74 Å². The summed E-state index contributed by atoms with van der Waals surface area (Å²) in [6.07, 6.45) is 3.63. The Morgan fingerprint density at radius 2 is 2.35 bits per heavy atom. The summed E-state index contributed by atoms with van der Waals surface area (Å²) in [6, 6.07) is 2.09. The van der Waals surface area contributed by atoms with E-state index >= 15 is 0 Å². The molecule has 6 heteroatoms. The van der Waals surface area contributed by atoms with Crippen LogP contribution in [0.15, 0.2) is 12.3 Å². The molecule has 2 N–H and O–H groups in total. The molecule has 0 aromatic carbocycles. The third-order valence-electron chi connectivity index (χ3n) is 2.73. The smallest absolute Gasteiger partial charge is 0.239 e. The number of amides is 1. The number of nitrogens with zero attached hydrogens (tertiary/aromatic N) is 2. The molecule has 0 radical (unpaired) electrons. The second kappa shape index (κ2) is 5.67. The zero-order valence-corrected chi connectivity index (χ0v) is 9.98. The van der Waals surface area contributed by atoms with Gasteiger partial charge in [-0.15, -0.1) is 0 Å². The monoisotopic (exact) mass is 238 g/mol. The third kappa shape index (κ3) is 3.74. The summed E-state index contributed by atoms with van der Waals surface area (Å²) in [7, 11) is 1.84. The Morgan fingerprint density at radius 1 is 1.59 bits per heavy atom. The summed E-state index contributed by atoms with van der Waals surface area (Å²) < 4.78 is 6.93. The molecule has 2 heterocycles. The quantitative estimate of drug-likeness (QED) is 0.782. The SMILES string of the molecule is Cn1ccc(NCC(=O)NC2CCOCC2)n1. The van der Waals surface area contributed by atoms with Gasteiger partial charge in [0.1, 0.15) is 5.82 Å². The van der Waals surface area contributed by atoms with Gasteiger partial charge in [-0.25, -0.2) is 0 Å². The van der Waals surface area contributed by atoms with Gasteiger partial charge in [0.05, 0.1) is 6.54 Å². The molecule has 94 valence electrons.